The first-order valence-electron chi connectivity index (χ1n) is 4.89. The van der Waals surface area contributed by atoms with E-state index in [0.29, 0.717) is 5.88 Å². The van der Waals surface area contributed by atoms with Crippen molar-refractivity contribution in [2.45, 2.75) is 6.42 Å². The number of carboxylic acids is 1. The molecule has 0 aliphatic carbocycles. The Morgan fingerprint density at radius 1 is 1.60 bits per heavy atom. The lowest BCUT2D eigenvalue weighted by Gasteiger charge is -2.13. The van der Waals surface area contributed by atoms with Gasteiger partial charge in [-0.2, -0.15) is 0 Å². The summed E-state index contributed by atoms with van der Waals surface area (Å²) in [6.07, 6.45) is 0.916. The lowest BCUT2D eigenvalue weighted by atomic mass is 10.1. The zero-order valence-electron chi connectivity index (χ0n) is 8.22. The number of carbonyl (C=O) groups is 1. The highest BCUT2D eigenvalue weighted by Gasteiger charge is 2.24. The van der Waals surface area contributed by atoms with E-state index in [2.05, 4.69) is 0 Å². The molecule has 1 aliphatic heterocycles. The van der Waals surface area contributed by atoms with E-state index in [1.807, 2.05) is 4.90 Å². The topological polar surface area (TPSA) is 73.9 Å². The first-order chi connectivity index (χ1) is 7.20. The molecule has 1 unspecified atom stereocenters. The SMILES string of the molecule is O=C(O)c1ccc(N2CCC(CO)C2)o1. The highest BCUT2D eigenvalue weighted by Crippen LogP contribution is 2.25. The summed E-state index contributed by atoms with van der Waals surface area (Å²) in [4.78, 5) is 12.5. The molecule has 0 aromatic carbocycles. The Morgan fingerprint density at radius 2 is 2.40 bits per heavy atom. The molecule has 1 aromatic heterocycles. The minimum Gasteiger partial charge on any atom is -0.475 e. The number of aromatic carboxylic acids is 1. The summed E-state index contributed by atoms with van der Waals surface area (Å²) >= 11 is 0. The Balaban J connectivity index is 2.07. The average Bonchev–Trinajstić information content (AvgIpc) is 2.86. The summed E-state index contributed by atoms with van der Waals surface area (Å²) in [7, 11) is 0. The van der Waals surface area contributed by atoms with Crippen LogP contribution in [0.1, 0.15) is 17.0 Å². The number of rotatable bonds is 3. The van der Waals surface area contributed by atoms with E-state index in [4.69, 9.17) is 14.6 Å². The fraction of sp³-hybridized carbons (Fsp3) is 0.500. The lowest BCUT2D eigenvalue weighted by molar-refractivity contribution is 0.0663. The van der Waals surface area contributed by atoms with Gasteiger partial charge in [0.1, 0.15) is 0 Å². The number of hydrogen-bond donors (Lipinski definition) is 2. The van der Waals surface area contributed by atoms with Crippen LogP contribution in [0, 0.1) is 5.92 Å². The number of hydrogen-bond acceptors (Lipinski definition) is 4. The second-order valence-electron chi connectivity index (χ2n) is 3.73. The summed E-state index contributed by atoms with van der Waals surface area (Å²) < 4.78 is 5.17. The molecule has 0 amide bonds. The summed E-state index contributed by atoms with van der Waals surface area (Å²) in [5, 5.41) is 17.7. The third-order valence-electron chi connectivity index (χ3n) is 2.66. The van der Waals surface area contributed by atoms with Gasteiger partial charge < -0.3 is 19.5 Å². The van der Waals surface area contributed by atoms with Crippen molar-refractivity contribution in [3.63, 3.8) is 0 Å². The van der Waals surface area contributed by atoms with Gasteiger partial charge in [-0.05, 0) is 12.5 Å². The molecule has 2 heterocycles. The van der Waals surface area contributed by atoms with Gasteiger partial charge in [0.2, 0.25) is 5.76 Å². The maximum atomic E-state index is 10.6. The van der Waals surface area contributed by atoms with Gasteiger partial charge in [-0.15, -0.1) is 0 Å². The van der Waals surface area contributed by atoms with E-state index in [1.165, 1.54) is 6.07 Å². The van der Waals surface area contributed by atoms with Crippen molar-refractivity contribution >= 4 is 11.9 Å². The Bertz CT molecular complexity index is 360. The summed E-state index contributed by atoms with van der Waals surface area (Å²) in [6, 6.07) is 3.10. The molecular formula is C10H13NO4. The van der Waals surface area contributed by atoms with E-state index in [1.54, 1.807) is 6.07 Å². The molecule has 0 bridgehead atoms. The molecule has 82 valence electrons. The van der Waals surface area contributed by atoms with Crippen molar-refractivity contribution in [3.8, 4) is 0 Å². The van der Waals surface area contributed by atoms with E-state index < -0.39 is 5.97 Å². The van der Waals surface area contributed by atoms with E-state index in [0.717, 1.165) is 19.5 Å². The monoisotopic (exact) mass is 211 g/mol. The number of furan rings is 1. The first-order valence-corrected chi connectivity index (χ1v) is 4.89. The molecule has 2 rings (SSSR count). The number of aliphatic hydroxyl groups excluding tert-OH is 1. The van der Waals surface area contributed by atoms with Crippen LogP contribution in [0.15, 0.2) is 16.5 Å². The van der Waals surface area contributed by atoms with Gasteiger partial charge in [-0.1, -0.05) is 0 Å². The molecular weight excluding hydrogens is 198 g/mol. The van der Waals surface area contributed by atoms with Crippen LogP contribution < -0.4 is 4.90 Å². The van der Waals surface area contributed by atoms with Crippen molar-refractivity contribution in [3.05, 3.63) is 17.9 Å². The molecule has 0 radical (unpaired) electrons. The Kier molecular flexibility index (Phi) is 2.64. The summed E-state index contributed by atoms with van der Waals surface area (Å²) in [5.74, 6) is -0.261. The van der Waals surface area contributed by atoms with Gasteiger partial charge in [0.05, 0.1) is 0 Å². The van der Waals surface area contributed by atoms with Crippen molar-refractivity contribution in [1.29, 1.82) is 0 Å². The van der Waals surface area contributed by atoms with Crippen molar-refractivity contribution in [2.75, 3.05) is 24.6 Å². The van der Waals surface area contributed by atoms with Crippen molar-refractivity contribution in [2.24, 2.45) is 5.92 Å². The standard InChI is InChI=1S/C10H13NO4/c12-6-7-3-4-11(5-7)9-2-1-8(15-9)10(13)14/h1-2,7,12H,3-6H2,(H,13,14). The molecule has 1 fully saturated rings. The number of aliphatic hydroxyl groups is 1. The van der Waals surface area contributed by atoms with Gasteiger partial charge in [-0.25, -0.2) is 4.79 Å². The highest BCUT2D eigenvalue weighted by atomic mass is 16.4. The second-order valence-corrected chi connectivity index (χ2v) is 3.73. The quantitative estimate of drug-likeness (QED) is 0.773. The van der Waals surface area contributed by atoms with Crippen LogP contribution >= 0.6 is 0 Å². The van der Waals surface area contributed by atoms with Crippen LogP contribution in [0.2, 0.25) is 0 Å². The minimum atomic E-state index is -1.06. The van der Waals surface area contributed by atoms with Crippen LogP contribution in [-0.2, 0) is 0 Å². The highest BCUT2D eigenvalue weighted by molar-refractivity contribution is 5.84. The van der Waals surface area contributed by atoms with Gasteiger partial charge >= 0.3 is 5.97 Å². The molecule has 5 heteroatoms. The third kappa shape index (κ3) is 1.97. The predicted molar refractivity (Wildman–Crippen MR) is 53.1 cm³/mol. The van der Waals surface area contributed by atoms with Crippen molar-refractivity contribution in [1.82, 2.24) is 0 Å². The van der Waals surface area contributed by atoms with Crippen LogP contribution in [0.25, 0.3) is 0 Å². The molecule has 1 atom stereocenters. The predicted octanol–water partition coefficient (Wildman–Crippen LogP) is 0.796. The fourth-order valence-electron chi connectivity index (χ4n) is 1.79. The average molecular weight is 211 g/mol. The van der Waals surface area contributed by atoms with Gasteiger partial charge in [0.25, 0.3) is 0 Å². The largest absolute Gasteiger partial charge is 0.475 e. The molecule has 0 spiro atoms. The maximum Gasteiger partial charge on any atom is 0.371 e. The molecule has 15 heavy (non-hydrogen) atoms. The molecule has 2 N–H and O–H groups in total. The van der Waals surface area contributed by atoms with Gasteiger partial charge in [-0.3, -0.25) is 0 Å². The molecule has 0 saturated carbocycles. The first kappa shape index (κ1) is 10.0. The Hall–Kier alpha value is -1.49. The Labute approximate surface area is 86.9 Å². The van der Waals surface area contributed by atoms with E-state index >= 15 is 0 Å². The number of anilines is 1. The molecule has 1 aromatic rings. The summed E-state index contributed by atoms with van der Waals surface area (Å²) in [6.45, 7) is 1.70. The normalized spacial score (nSPS) is 20.9. The van der Waals surface area contributed by atoms with E-state index in [9.17, 15) is 4.79 Å². The Morgan fingerprint density at radius 3 is 2.93 bits per heavy atom. The van der Waals surface area contributed by atoms with Crippen LogP contribution in [0.5, 0.6) is 0 Å². The van der Waals surface area contributed by atoms with Gasteiger partial charge in [0.15, 0.2) is 5.88 Å². The molecule has 1 aliphatic rings. The molecule has 1 saturated heterocycles. The summed E-state index contributed by atoms with van der Waals surface area (Å²) in [5.41, 5.74) is 0. The maximum absolute atomic E-state index is 10.6. The lowest BCUT2D eigenvalue weighted by Crippen LogP contribution is -2.19. The van der Waals surface area contributed by atoms with Gasteiger partial charge in [0, 0.05) is 31.7 Å². The molecule has 5 nitrogen and oxygen atoms in total. The zero-order valence-corrected chi connectivity index (χ0v) is 8.22. The zero-order chi connectivity index (χ0) is 10.8. The number of nitrogens with zero attached hydrogens (tertiary/aromatic N) is 1. The fourth-order valence-corrected chi connectivity index (χ4v) is 1.79. The smallest absolute Gasteiger partial charge is 0.371 e. The third-order valence-corrected chi connectivity index (χ3v) is 2.66. The van der Waals surface area contributed by atoms with E-state index in [-0.39, 0.29) is 18.3 Å². The van der Waals surface area contributed by atoms with Crippen LogP contribution in [0.4, 0.5) is 5.88 Å². The minimum absolute atomic E-state index is 0.0440. The number of carboxylic acid groups (broad SMARTS) is 1. The van der Waals surface area contributed by atoms with Crippen molar-refractivity contribution < 1.29 is 19.4 Å². The van der Waals surface area contributed by atoms with Crippen LogP contribution in [-0.4, -0.2) is 35.9 Å². The second kappa shape index (κ2) is 3.94. The van der Waals surface area contributed by atoms with Crippen LogP contribution in [0.3, 0.4) is 0 Å².